The molecule has 4 aromatic rings. The smallest absolute Gasteiger partial charge is 0.282 e. The van der Waals surface area contributed by atoms with E-state index in [4.69, 9.17) is 9.72 Å². The van der Waals surface area contributed by atoms with Crippen LogP contribution in [-0.4, -0.2) is 22.5 Å². The average Bonchev–Trinajstić information content (AvgIpc) is 2.84. The molecule has 4 rings (SSSR count). The predicted molar refractivity (Wildman–Crippen MR) is 145 cm³/mol. The highest BCUT2D eigenvalue weighted by Crippen LogP contribution is 2.34. The molecule has 3 aromatic carbocycles. The first-order valence-electron chi connectivity index (χ1n) is 12.2. The van der Waals surface area contributed by atoms with Gasteiger partial charge in [0.25, 0.3) is 5.56 Å². The van der Waals surface area contributed by atoms with E-state index in [0.717, 1.165) is 28.0 Å². The van der Waals surface area contributed by atoms with E-state index < -0.39 is 0 Å². The molecule has 0 aliphatic carbocycles. The van der Waals surface area contributed by atoms with Gasteiger partial charge in [-0.1, -0.05) is 64.1 Å². The lowest BCUT2D eigenvalue weighted by atomic mass is 9.96. The Morgan fingerprint density at radius 1 is 1.00 bits per heavy atom. The molecule has 180 valence electrons. The van der Waals surface area contributed by atoms with Crippen LogP contribution in [0.1, 0.15) is 68.7 Å². The van der Waals surface area contributed by atoms with Gasteiger partial charge in [0.2, 0.25) is 0 Å². The molecule has 1 heterocycles. The molecule has 0 bridgehead atoms. The third kappa shape index (κ3) is 5.04. The van der Waals surface area contributed by atoms with Crippen molar-refractivity contribution in [2.45, 2.75) is 53.4 Å². The van der Waals surface area contributed by atoms with Crippen LogP contribution in [0.5, 0.6) is 5.75 Å². The van der Waals surface area contributed by atoms with Gasteiger partial charge in [-0.15, -0.1) is 0 Å². The summed E-state index contributed by atoms with van der Waals surface area (Å²) in [6.07, 6.45) is 1.72. The number of ether oxygens (including phenoxy) is 1. The molecular formula is C30H33N3O2. The second-order valence-electron chi connectivity index (χ2n) is 9.43. The van der Waals surface area contributed by atoms with Crippen LogP contribution in [-0.2, 0) is 0 Å². The Morgan fingerprint density at radius 2 is 1.71 bits per heavy atom. The summed E-state index contributed by atoms with van der Waals surface area (Å²) in [6.45, 7) is 13.2. The first kappa shape index (κ1) is 24.4. The SMILES string of the molecule is CCOc1cc(C)c(-c2nc3ccccc3c(=O)n2N=Cc2ccc(C(C)C)cc2)cc1C(C)C. The number of nitrogens with zero attached hydrogens (tertiary/aromatic N) is 3. The molecule has 0 N–H and O–H groups in total. The van der Waals surface area contributed by atoms with Crippen LogP contribution in [0.2, 0.25) is 0 Å². The van der Waals surface area contributed by atoms with Crippen LogP contribution in [0.4, 0.5) is 0 Å². The van der Waals surface area contributed by atoms with Gasteiger partial charge in [-0.2, -0.15) is 9.78 Å². The highest BCUT2D eigenvalue weighted by atomic mass is 16.5. The molecule has 5 heteroatoms. The zero-order valence-electron chi connectivity index (χ0n) is 21.4. The summed E-state index contributed by atoms with van der Waals surface area (Å²) in [5, 5.41) is 5.17. The van der Waals surface area contributed by atoms with Crippen molar-refractivity contribution in [3.63, 3.8) is 0 Å². The average molecular weight is 468 g/mol. The Labute approximate surface area is 207 Å². The number of rotatable bonds is 7. The van der Waals surface area contributed by atoms with Gasteiger partial charge in [0.05, 0.1) is 23.7 Å². The quantitative estimate of drug-likeness (QED) is 0.278. The van der Waals surface area contributed by atoms with Gasteiger partial charge in [0, 0.05) is 5.56 Å². The van der Waals surface area contributed by atoms with Crippen LogP contribution >= 0.6 is 0 Å². The van der Waals surface area contributed by atoms with E-state index in [1.54, 1.807) is 12.3 Å². The number of benzene rings is 3. The highest BCUT2D eigenvalue weighted by molar-refractivity contribution is 5.82. The molecule has 0 aliphatic rings. The van der Waals surface area contributed by atoms with E-state index in [9.17, 15) is 4.79 Å². The van der Waals surface area contributed by atoms with Crippen molar-refractivity contribution in [3.05, 3.63) is 93.3 Å². The fraction of sp³-hybridized carbons (Fsp3) is 0.300. The first-order chi connectivity index (χ1) is 16.8. The molecular weight excluding hydrogens is 434 g/mol. The fourth-order valence-corrected chi connectivity index (χ4v) is 4.17. The van der Waals surface area contributed by atoms with Gasteiger partial charge in [-0.05, 0) is 72.2 Å². The second kappa shape index (κ2) is 10.3. The van der Waals surface area contributed by atoms with Crippen molar-refractivity contribution in [1.82, 2.24) is 9.66 Å². The number of para-hydroxylation sites is 1. The van der Waals surface area contributed by atoms with E-state index in [2.05, 4.69) is 51.0 Å². The highest BCUT2D eigenvalue weighted by Gasteiger charge is 2.18. The Balaban J connectivity index is 1.92. The van der Waals surface area contributed by atoms with Crippen molar-refractivity contribution in [1.29, 1.82) is 0 Å². The summed E-state index contributed by atoms with van der Waals surface area (Å²) in [5.74, 6) is 2.09. The summed E-state index contributed by atoms with van der Waals surface area (Å²) in [6, 6.07) is 19.8. The van der Waals surface area contributed by atoms with Crippen molar-refractivity contribution in [2.24, 2.45) is 5.10 Å². The van der Waals surface area contributed by atoms with Crippen LogP contribution in [0.15, 0.2) is 70.6 Å². The zero-order valence-corrected chi connectivity index (χ0v) is 21.4. The summed E-state index contributed by atoms with van der Waals surface area (Å²) in [7, 11) is 0. The topological polar surface area (TPSA) is 56.5 Å². The molecule has 0 radical (unpaired) electrons. The van der Waals surface area contributed by atoms with Crippen molar-refractivity contribution in [3.8, 4) is 17.1 Å². The largest absolute Gasteiger partial charge is 0.494 e. The number of hydrogen-bond acceptors (Lipinski definition) is 4. The molecule has 35 heavy (non-hydrogen) atoms. The molecule has 5 nitrogen and oxygen atoms in total. The molecule has 0 atom stereocenters. The second-order valence-corrected chi connectivity index (χ2v) is 9.43. The Bertz CT molecular complexity index is 1430. The third-order valence-electron chi connectivity index (χ3n) is 6.20. The van der Waals surface area contributed by atoms with E-state index in [1.165, 1.54) is 10.2 Å². The van der Waals surface area contributed by atoms with Crippen LogP contribution in [0.25, 0.3) is 22.3 Å². The van der Waals surface area contributed by atoms with Gasteiger partial charge in [-0.25, -0.2) is 4.98 Å². The summed E-state index contributed by atoms with van der Waals surface area (Å²) in [4.78, 5) is 18.5. The predicted octanol–water partition coefficient (Wildman–Crippen LogP) is 6.90. The number of fused-ring (bicyclic) bond motifs is 1. The maximum absolute atomic E-state index is 13.6. The van der Waals surface area contributed by atoms with Crippen molar-refractivity contribution < 1.29 is 4.74 Å². The van der Waals surface area contributed by atoms with Gasteiger partial charge in [0.1, 0.15) is 5.75 Å². The molecule has 0 aliphatic heterocycles. The van der Waals surface area contributed by atoms with Crippen LogP contribution in [0.3, 0.4) is 0 Å². The van der Waals surface area contributed by atoms with E-state index >= 15 is 0 Å². The minimum absolute atomic E-state index is 0.194. The maximum Gasteiger partial charge on any atom is 0.282 e. The lowest BCUT2D eigenvalue weighted by molar-refractivity contribution is 0.335. The van der Waals surface area contributed by atoms with E-state index in [-0.39, 0.29) is 11.5 Å². The van der Waals surface area contributed by atoms with Gasteiger partial charge in [0.15, 0.2) is 5.82 Å². The molecule has 0 saturated heterocycles. The molecule has 0 saturated carbocycles. The normalized spacial score (nSPS) is 11.8. The summed E-state index contributed by atoms with van der Waals surface area (Å²) >= 11 is 0. The summed E-state index contributed by atoms with van der Waals surface area (Å²) < 4.78 is 7.33. The number of aromatic nitrogens is 2. The fourth-order valence-electron chi connectivity index (χ4n) is 4.17. The lowest BCUT2D eigenvalue weighted by Gasteiger charge is -2.18. The number of hydrogen-bond donors (Lipinski definition) is 0. The molecule has 0 unspecified atom stereocenters. The van der Waals surface area contributed by atoms with Crippen LogP contribution < -0.4 is 10.3 Å². The number of aryl methyl sites for hydroxylation is 1. The van der Waals surface area contributed by atoms with Crippen molar-refractivity contribution in [2.75, 3.05) is 6.61 Å². The van der Waals surface area contributed by atoms with Gasteiger partial charge < -0.3 is 4.74 Å². The minimum Gasteiger partial charge on any atom is -0.494 e. The van der Waals surface area contributed by atoms with E-state index in [0.29, 0.717) is 29.3 Å². The maximum atomic E-state index is 13.6. The Kier molecular flexibility index (Phi) is 7.15. The van der Waals surface area contributed by atoms with E-state index in [1.807, 2.05) is 50.2 Å². The molecule has 0 amide bonds. The zero-order chi connectivity index (χ0) is 25.1. The lowest BCUT2D eigenvalue weighted by Crippen LogP contribution is -2.20. The monoisotopic (exact) mass is 467 g/mol. The first-order valence-corrected chi connectivity index (χ1v) is 12.2. The van der Waals surface area contributed by atoms with Crippen molar-refractivity contribution >= 4 is 17.1 Å². The Hall–Kier alpha value is -3.73. The molecule has 1 aromatic heterocycles. The standard InChI is InChI=1S/C30H33N3O2/c1-7-35-28-16-21(6)26(17-25(28)20(4)5)29-32-27-11-9-8-10-24(27)30(34)33(29)31-18-22-12-14-23(15-13-22)19(2)3/h8-20H,7H2,1-6H3. The van der Waals surface area contributed by atoms with Gasteiger partial charge in [-0.3, -0.25) is 4.79 Å². The molecule has 0 spiro atoms. The van der Waals surface area contributed by atoms with Crippen LogP contribution in [0, 0.1) is 6.92 Å². The third-order valence-corrected chi connectivity index (χ3v) is 6.20. The Morgan fingerprint density at radius 3 is 2.37 bits per heavy atom. The van der Waals surface area contributed by atoms with Gasteiger partial charge >= 0.3 is 0 Å². The molecule has 0 fully saturated rings. The summed E-state index contributed by atoms with van der Waals surface area (Å²) in [5.41, 5.74) is 5.57. The minimum atomic E-state index is -0.194.